The fourth-order valence-corrected chi connectivity index (χ4v) is 3.20. The van der Waals surface area contributed by atoms with Gasteiger partial charge in [0.2, 0.25) is 0 Å². The summed E-state index contributed by atoms with van der Waals surface area (Å²) in [5.41, 5.74) is 0.317. The molecule has 1 nitrogen and oxygen atoms in total. The Morgan fingerprint density at radius 1 is 1.21 bits per heavy atom. The maximum absolute atomic E-state index is 12.5. The average Bonchev–Trinajstić information content (AvgIpc) is 2.39. The molecule has 1 aromatic rings. The van der Waals surface area contributed by atoms with E-state index in [1.54, 1.807) is 12.1 Å². The lowest BCUT2D eigenvalue weighted by Gasteiger charge is -2.34. The van der Waals surface area contributed by atoms with Crippen LogP contribution < -0.4 is 4.90 Å². The van der Waals surface area contributed by atoms with Crippen molar-refractivity contribution in [3.05, 3.63) is 29.8 Å². The van der Waals surface area contributed by atoms with E-state index < -0.39 is 11.7 Å². The summed E-state index contributed by atoms with van der Waals surface area (Å²) in [5, 5.41) is 0.985. The molecule has 106 valence electrons. The summed E-state index contributed by atoms with van der Waals surface area (Å²) < 4.78 is 37.5. The second-order valence-electron chi connectivity index (χ2n) is 4.98. The van der Waals surface area contributed by atoms with E-state index in [1.807, 2.05) is 0 Å². The normalized spacial score (nSPS) is 20.6. The van der Waals surface area contributed by atoms with Crippen molar-refractivity contribution in [3.8, 4) is 0 Å². The number of hydrogen-bond donors (Lipinski definition) is 0. The van der Waals surface area contributed by atoms with Crippen LogP contribution in [0.15, 0.2) is 24.3 Å². The average molecular weight is 336 g/mol. The summed E-state index contributed by atoms with van der Waals surface area (Å²) in [4.78, 5) is 2.19. The quantitative estimate of drug-likeness (QED) is 0.723. The first-order valence-electron chi connectivity index (χ1n) is 6.49. The molecular formula is C14H17BrF3N. The molecule has 1 aromatic carbocycles. The Morgan fingerprint density at radius 3 is 2.47 bits per heavy atom. The van der Waals surface area contributed by atoms with Gasteiger partial charge in [-0.3, -0.25) is 0 Å². The molecule has 1 fully saturated rings. The summed E-state index contributed by atoms with van der Waals surface area (Å²) in [5.74, 6) is 0.635. The highest BCUT2D eigenvalue weighted by molar-refractivity contribution is 9.09. The number of benzene rings is 1. The molecule has 0 N–H and O–H groups in total. The van der Waals surface area contributed by atoms with E-state index in [4.69, 9.17) is 0 Å². The van der Waals surface area contributed by atoms with Gasteiger partial charge in [-0.2, -0.15) is 13.2 Å². The number of rotatable bonds is 3. The van der Waals surface area contributed by atoms with E-state index in [-0.39, 0.29) is 0 Å². The molecule has 1 heterocycles. The first-order valence-corrected chi connectivity index (χ1v) is 7.61. The summed E-state index contributed by atoms with van der Waals surface area (Å²) in [6, 6.07) is 5.51. The van der Waals surface area contributed by atoms with Gasteiger partial charge < -0.3 is 4.90 Å². The van der Waals surface area contributed by atoms with Crippen LogP contribution >= 0.6 is 15.9 Å². The molecule has 1 unspecified atom stereocenters. The van der Waals surface area contributed by atoms with E-state index in [0.717, 1.165) is 36.9 Å². The molecule has 1 aliphatic rings. The van der Waals surface area contributed by atoms with Crippen LogP contribution in [0.4, 0.5) is 18.9 Å². The van der Waals surface area contributed by atoms with Gasteiger partial charge >= 0.3 is 6.18 Å². The van der Waals surface area contributed by atoms with E-state index >= 15 is 0 Å². The lowest BCUT2D eigenvalue weighted by molar-refractivity contribution is -0.137. The summed E-state index contributed by atoms with van der Waals surface area (Å²) in [7, 11) is 0. The van der Waals surface area contributed by atoms with E-state index in [2.05, 4.69) is 20.8 Å². The summed E-state index contributed by atoms with van der Waals surface area (Å²) >= 11 is 3.45. The second-order valence-corrected chi connectivity index (χ2v) is 5.77. The Labute approximate surface area is 119 Å². The highest BCUT2D eigenvalue weighted by atomic mass is 79.9. The van der Waals surface area contributed by atoms with Crippen molar-refractivity contribution in [2.24, 2.45) is 5.92 Å². The van der Waals surface area contributed by atoms with Crippen LogP contribution in [0.5, 0.6) is 0 Å². The van der Waals surface area contributed by atoms with Crippen molar-refractivity contribution in [2.75, 3.05) is 23.3 Å². The molecule has 0 aliphatic carbocycles. The van der Waals surface area contributed by atoms with Gasteiger partial charge in [-0.25, -0.2) is 0 Å². The van der Waals surface area contributed by atoms with Crippen LogP contribution in [0.1, 0.15) is 24.8 Å². The minimum atomic E-state index is -4.25. The zero-order valence-electron chi connectivity index (χ0n) is 10.6. The third kappa shape index (κ3) is 3.88. The van der Waals surface area contributed by atoms with E-state index in [9.17, 15) is 13.2 Å². The van der Waals surface area contributed by atoms with E-state index in [0.29, 0.717) is 5.92 Å². The zero-order chi connectivity index (χ0) is 13.9. The SMILES string of the molecule is FC(F)(F)c1ccc(N2CCCC(CCBr)C2)cc1. The van der Waals surface area contributed by atoms with Crippen LogP contribution in [-0.2, 0) is 6.18 Å². The third-order valence-corrected chi connectivity index (χ3v) is 4.05. The highest BCUT2D eigenvalue weighted by Gasteiger charge is 2.30. The maximum Gasteiger partial charge on any atom is 0.416 e. The molecule has 5 heteroatoms. The van der Waals surface area contributed by atoms with Gasteiger partial charge in [0.05, 0.1) is 5.56 Å². The molecule has 19 heavy (non-hydrogen) atoms. The Bertz CT molecular complexity index is 400. The molecule has 0 spiro atoms. The van der Waals surface area contributed by atoms with Gasteiger partial charge in [0.15, 0.2) is 0 Å². The van der Waals surface area contributed by atoms with Gasteiger partial charge in [-0.05, 0) is 49.4 Å². The van der Waals surface area contributed by atoms with Crippen molar-refractivity contribution in [1.29, 1.82) is 0 Å². The number of halogens is 4. The second kappa shape index (κ2) is 6.16. The fourth-order valence-electron chi connectivity index (χ4n) is 2.55. The van der Waals surface area contributed by atoms with Gasteiger partial charge in [-0.1, -0.05) is 15.9 Å². The van der Waals surface area contributed by atoms with Crippen LogP contribution in [0.3, 0.4) is 0 Å². The molecule has 0 aromatic heterocycles. The van der Waals surface area contributed by atoms with Crippen LogP contribution in [0.25, 0.3) is 0 Å². The lowest BCUT2D eigenvalue weighted by Crippen LogP contribution is -2.35. The van der Waals surface area contributed by atoms with Gasteiger partial charge in [0, 0.05) is 24.1 Å². The van der Waals surface area contributed by atoms with Gasteiger partial charge in [0.1, 0.15) is 0 Å². The van der Waals surface area contributed by atoms with Crippen molar-refractivity contribution < 1.29 is 13.2 Å². The Kier molecular flexibility index (Phi) is 4.76. The molecule has 0 radical (unpaired) electrons. The van der Waals surface area contributed by atoms with E-state index in [1.165, 1.54) is 18.6 Å². The minimum Gasteiger partial charge on any atom is -0.371 e. The largest absolute Gasteiger partial charge is 0.416 e. The zero-order valence-corrected chi connectivity index (χ0v) is 12.2. The monoisotopic (exact) mass is 335 g/mol. The number of nitrogens with zero attached hydrogens (tertiary/aromatic N) is 1. The van der Waals surface area contributed by atoms with Crippen LogP contribution in [0.2, 0.25) is 0 Å². The Balaban J connectivity index is 2.05. The molecule has 0 bridgehead atoms. The van der Waals surface area contributed by atoms with Crippen LogP contribution in [0, 0.1) is 5.92 Å². The molecular weight excluding hydrogens is 319 g/mol. The molecule has 0 amide bonds. The number of hydrogen-bond acceptors (Lipinski definition) is 1. The third-order valence-electron chi connectivity index (χ3n) is 3.60. The molecule has 1 atom stereocenters. The maximum atomic E-state index is 12.5. The lowest BCUT2D eigenvalue weighted by atomic mass is 9.95. The van der Waals surface area contributed by atoms with Crippen molar-refractivity contribution in [3.63, 3.8) is 0 Å². The predicted molar refractivity (Wildman–Crippen MR) is 74.8 cm³/mol. The van der Waals surface area contributed by atoms with Crippen molar-refractivity contribution >= 4 is 21.6 Å². The number of piperidine rings is 1. The van der Waals surface area contributed by atoms with Gasteiger partial charge in [0.25, 0.3) is 0 Å². The summed E-state index contributed by atoms with van der Waals surface area (Å²) in [6.45, 7) is 1.88. The van der Waals surface area contributed by atoms with Crippen molar-refractivity contribution in [2.45, 2.75) is 25.4 Å². The highest BCUT2D eigenvalue weighted by Crippen LogP contribution is 2.31. The number of alkyl halides is 4. The Morgan fingerprint density at radius 2 is 1.89 bits per heavy atom. The fraction of sp³-hybridized carbons (Fsp3) is 0.571. The smallest absolute Gasteiger partial charge is 0.371 e. The van der Waals surface area contributed by atoms with Crippen molar-refractivity contribution in [1.82, 2.24) is 0 Å². The number of anilines is 1. The predicted octanol–water partition coefficient (Wildman–Crippen LogP) is 4.71. The molecule has 0 saturated carbocycles. The summed E-state index contributed by atoms with van der Waals surface area (Å²) in [6.07, 6.45) is -0.808. The molecule has 1 aliphatic heterocycles. The topological polar surface area (TPSA) is 3.24 Å². The van der Waals surface area contributed by atoms with Crippen LogP contribution in [-0.4, -0.2) is 18.4 Å². The molecule has 1 saturated heterocycles. The Hall–Kier alpha value is -0.710. The standard InChI is InChI=1S/C14H17BrF3N/c15-8-7-11-2-1-9-19(10-11)13-5-3-12(4-6-13)14(16,17)18/h3-6,11H,1-2,7-10H2. The van der Waals surface area contributed by atoms with Gasteiger partial charge in [-0.15, -0.1) is 0 Å². The molecule has 2 rings (SSSR count). The first-order chi connectivity index (χ1) is 9.00. The first kappa shape index (κ1) is 14.7. The minimum absolute atomic E-state index is 0.578.